The molecule has 0 aromatic heterocycles. The number of hydrogen-bond acceptors (Lipinski definition) is 1. The molecule has 1 aliphatic carbocycles. The molecule has 0 bridgehead atoms. The Morgan fingerprint density at radius 2 is 2.10 bits per heavy atom. The zero-order valence-electron chi connectivity index (χ0n) is 11.2. The lowest BCUT2D eigenvalue weighted by Crippen LogP contribution is -2.30. The second kappa shape index (κ2) is 7.03. The topological polar surface area (TPSA) is 41.1 Å². The Hall–Kier alpha value is -1.91. The summed E-state index contributed by atoms with van der Waals surface area (Å²) >= 11 is 0. The van der Waals surface area contributed by atoms with Crippen molar-refractivity contribution in [2.24, 2.45) is 0 Å². The molecular weight excluding hydrogens is 262 g/mol. The number of urea groups is 1. The van der Waals surface area contributed by atoms with Gasteiger partial charge in [0.2, 0.25) is 0 Å². The molecule has 2 rings (SSSR count). The Labute approximate surface area is 117 Å². The second-order valence-corrected chi connectivity index (χ2v) is 4.86. The van der Waals surface area contributed by atoms with E-state index in [-0.39, 0.29) is 5.69 Å². The van der Waals surface area contributed by atoms with Gasteiger partial charge in [-0.25, -0.2) is 13.6 Å². The summed E-state index contributed by atoms with van der Waals surface area (Å²) in [6.07, 6.45) is 7.69. The summed E-state index contributed by atoms with van der Waals surface area (Å²) in [7, 11) is 0. The summed E-state index contributed by atoms with van der Waals surface area (Å²) < 4.78 is 26.1. The molecule has 2 N–H and O–H groups in total. The van der Waals surface area contributed by atoms with Gasteiger partial charge in [0.1, 0.15) is 11.6 Å². The lowest BCUT2D eigenvalue weighted by Gasteiger charge is -2.13. The summed E-state index contributed by atoms with van der Waals surface area (Å²) in [5.41, 5.74) is 1.34. The average molecular weight is 280 g/mol. The highest BCUT2D eigenvalue weighted by Crippen LogP contribution is 2.19. The van der Waals surface area contributed by atoms with E-state index in [1.165, 1.54) is 24.5 Å². The molecule has 0 aliphatic heterocycles. The molecule has 1 aromatic carbocycles. The molecule has 1 aromatic rings. The Kier molecular flexibility index (Phi) is 5.09. The Morgan fingerprint density at radius 1 is 1.25 bits per heavy atom. The van der Waals surface area contributed by atoms with Crippen molar-refractivity contribution in [1.29, 1.82) is 0 Å². The minimum absolute atomic E-state index is 0.0271. The molecule has 0 fully saturated rings. The fraction of sp³-hybridized carbons (Fsp3) is 0.400. The van der Waals surface area contributed by atoms with Crippen molar-refractivity contribution in [3.8, 4) is 0 Å². The number of rotatable bonds is 4. The van der Waals surface area contributed by atoms with Crippen LogP contribution in [0.5, 0.6) is 0 Å². The minimum Gasteiger partial charge on any atom is -0.338 e. The average Bonchev–Trinajstić information content (AvgIpc) is 2.43. The van der Waals surface area contributed by atoms with Crippen molar-refractivity contribution in [2.75, 3.05) is 11.9 Å². The maximum absolute atomic E-state index is 13.3. The molecule has 0 saturated heterocycles. The zero-order valence-corrected chi connectivity index (χ0v) is 11.2. The monoisotopic (exact) mass is 280 g/mol. The molecule has 2 amide bonds. The molecule has 0 unspecified atom stereocenters. The van der Waals surface area contributed by atoms with Crippen LogP contribution < -0.4 is 10.6 Å². The molecule has 3 nitrogen and oxygen atoms in total. The number of carbonyl (C=O) groups excluding carboxylic acids is 1. The van der Waals surface area contributed by atoms with Crippen LogP contribution in [0, 0.1) is 11.6 Å². The van der Waals surface area contributed by atoms with E-state index in [1.54, 1.807) is 0 Å². The van der Waals surface area contributed by atoms with E-state index in [1.807, 2.05) is 0 Å². The fourth-order valence-electron chi connectivity index (χ4n) is 2.23. The van der Waals surface area contributed by atoms with Crippen LogP contribution >= 0.6 is 0 Å². The van der Waals surface area contributed by atoms with Crippen LogP contribution in [0.15, 0.2) is 29.8 Å². The first-order chi connectivity index (χ1) is 9.65. The van der Waals surface area contributed by atoms with E-state index in [9.17, 15) is 13.6 Å². The molecule has 1 aliphatic rings. The van der Waals surface area contributed by atoms with Crippen molar-refractivity contribution in [3.63, 3.8) is 0 Å². The largest absolute Gasteiger partial charge is 0.338 e. The molecule has 0 atom stereocenters. The van der Waals surface area contributed by atoms with Crippen LogP contribution in [0.25, 0.3) is 0 Å². The highest BCUT2D eigenvalue weighted by Gasteiger charge is 2.08. The van der Waals surface area contributed by atoms with Crippen molar-refractivity contribution >= 4 is 11.7 Å². The van der Waals surface area contributed by atoms with Gasteiger partial charge in [-0.3, -0.25) is 0 Å². The van der Waals surface area contributed by atoms with Crippen LogP contribution in [0.3, 0.4) is 0 Å². The highest BCUT2D eigenvalue weighted by molar-refractivity contribution is 5.89. The number of amides is 2. The van der Waals surface area contributed by atoms with Gasteiger partial charge in [0.05, 0.1) is 5.69 Å². The molecule has 0 saturated carbocycles. The third-order valence-electron chi connectivity index (χ3n) is 3.30. The van der Waals surface area contributed by atoms with Crippen LogP contribution in [0.4, 0.5) is 19.3 Å². The molecular formula is C15H18F2N2O. The zero-order chi connectivity index (χ0) is 14.4. The van der Waals surface area contributed by atoms with Gasteiger partial charge < -0.3 is 10.6 Å². The number of hydrogen-bond donors (Lipinski definition) is 2. The number of halogens is 2. The predicted molar refractivity (Wildman–Crippen MR) is 74.5 cm³/mol. The third kappa shape index (κ3) is 4.33. The first-order valence-electron chi connectivity index (χ1n) is 6.83. The normalized spacial score (nSPS) is 14.6. The number of benzene rings is 1. The van der Waals surface area contributed by atoms with Crippen molar-refractivity contribution in [1.82, 2.24) is 5.32 Å². The SMILES string of the molecule is O=C(NCCC1=CCCCC1)Nc1ccc(F)cc1F. The van der Waals surface area contributed by atoms with Crippen LogP contribution in [0.1, 0.15) is 32.1 Å². The van der Waals surface area contributed by atoms with Gasteiger partial charge in [-0.05, 0) is 44.2 Å². The Bertz CT molecular complexity index is 515. The summed E-state index contributed by atoms with van der Waals surface area (Å²) in [5.74, 6) is -1.45. The Balaban J connectivity index is 1.76. The first-order valence-corrected chi connectivity index (χ1v) is 6.83. The van der Waals surface area contributed by atoms with Gasteiger partial charge in [-0.1, -0.05) is 11.6 Å². The van der Waals surface area contributed by atoms with E-state index in [0.29, 0.717) is 6.54 Å². The van der Waals surface area contributed by atoms with E-state index < -0.39 is 17.7 Å². The molecule has 108 valence electrons. The molecule has 0 spiro atoms. The quantitative estimate of drug-likeness (QED) is 0.805. The number of anilines is 1. The minimum atomic E-state index is -0.782. The van der Waals surface area contributed by atoms with Gasteiger partial charge >= 0.3 is 6.03 Å². The molecule has 20 heavy (non-hydrogen) atoms. The lowest BCUT2D eigenvalue weighted by molar-refractivity contribution is 0.252. The standard InChI is InChI=1S/C15H18F2N2O/c16-12-6-7-14(13(17)10-12)19-15(20)18-9-8-11-4-2-1-3-5-11/h4,6-7,10H,1-3,5,8-9H2,(H2,18,19,20). The second-order valence-electron chi connectivity index (χ2n) is 4.86. The maximum atomic E-state index is 13.3. The van der Waals surface area contributed by atoms with Crippen LogP contribution in [-0.2, 0) is 0 Å². The predicted octanol–water partition coefficient (Wildman–Crippen LogP) is 3.98. The fourth-order valence-corrected chi connectivity index (χ4v) is 2.23. The van der Waals surface area contributed by atoms with Crippen molar-refractivity contribution in [2.45, 2.75) is 32.1 Å². The van der Waals surface area contributed by atoms with E-state index in [0.717, 1.165) is 31.4 Å². The number of carbonyl (C=O) groups is 1. The Morgan fingerprint density at radius 3 is 2.80 bits per heavy atom. The van der Waals surface area contributed by atoms with E-state index >= 15 is 0 Å². The van der Waals surface area contributed by atoms with Crippen molar-refractivity contribution in [3.05, 3.63) is 41.5 Å². The summed E-state index contributed by atoms with van der Waals surface area (Å²) in [6.45, 7) is 0.514. The summed E-state index contributed by atoms with van der Waals surface area (Å²) in [5, 5.41) is 5.03. The number of nitrogens with one attached hydrogen (secondary N) is 2. The van der Waals surface area contributed by atoms with Gasteiger partial charge in [-0.2, -0.15) is 0 Å². The smallest absolute Gasteiger partial charge is 0.319 e. The van der Waals surface area contributed by atoms with Gasteiger partial charge in [0.15, 0.2) is 0 Å². The third-order valence-corrected chi connectivity index (χ3v) is 3.30. The van der Waals surface area contributed by atoms with E-state index in [4.69, 9.17) is 0 Å². The van der Waals surface area contributed by atoms with E-state index in [2.05, 4.69) is 16.7 Å². The maximum Gasteiger partial charge on any atom is 0.319 e. The van der Waals surface area contributed by atoms with Crippen LogP contribution in [-0.4, -0.2) is 12.6 Å². The molecule has 5 heteroatoms. The van der Waals surface area contributed by atoms with Gasteiger partial charge in [-0.15, -0.1) is 0 Å². The lowest BCUT2D eigenvalue weighted by atomic mass is 9.97. The van der Waals surface area contributed by atoms with Crippen molar-refractivity contribution < 1.29 is 13.6 Å². The van der Waals surface area contributed by atoms with Gasteiger partial charge in [0, 0.05) is 12.6 Å². The van der Waals surface area contributed by atoms with Gasteiger partial charge in [0.25, 0.3) is 0 Å². The molecule has 0 radical (unpaired) electrons. The summed E-state index contributed by atoms with van der Waals surface area (Å²) in [4.78, 5) is 11.6. The summed E-state index contributed by atoms with van der Waals surface area (Å²) in [6, 6.07) is 2.56. The molecule has 0 heterocycles. The highest BCUT2D eigenvalue weighted by atomic mass is 19.1. The first kappa shape index (κ1) is 14.5. The number of allylic oxidation sites excluding steroid dienone is 1. The van der Waals surface area contributed by atoms with Crippen LogP contribution in [0.2, 0.25) is 0 Å².